The largest absolute Gasteiger partial charge is 0.455 e. The number of fused-ring (bicyclic) bond motifs is 3. The highest BCUT2D eigenvalue weighted by Gasteiger charge is 2.17. The molecule has 0 aliphatic carbocycles. The summed E-state index contributed by atoms with van der Waals surface area (Å²) >= 11 is 6.33. The number of halogens is 1. The monoisotopic (exact) mass is 509 g/mol. The Labute approximate surface area is 224 Å². The molecule has 5 heteroatoms. The smallest absolute Gasteiger partial charge is 0.226 e. The molecule has 38 heavy (non-hydrogen) atoms. The van der Waals surface area contributed by atoms with Crippen molar-refractivity contribution in [2.24, 2.45) is 0 Å². The lowest BCUT2D eigenvalue weighted by Gasteiger charge is -2.06. The van der Waals surface area contributed by atoms with Gasteiger partial charge in [-0.2, -0.15) is 9.97 Å². The standard InChI is InChI=1S/C33H20ClN3O/c34-33-36-31(22-11-5-2-6-12-22)35-32(37-33)28-16-8-15-27-26-18-17-25(20-29(26)38-30(27)28)24-14-7-13-23(19-24)21-9-3-1-4-10-21/h1-20H. The van der Waals surface area contributed by atoms with E-state index in [0.29, 0.717) is 11.6 Å². The summed E-state index contributed by atoms with van der Waals surface area (Å²) in [7, 11) is 0. The molecule has 0 saturated carbocycles. The molecule has 0 atom stereocenters. The van der Waals surface area contributed by atoms with E-state index in [2.05, 4.69) is 82.8 Å². The van der Waals surface area contributed by atoms with Crippen LogP contribution in [0, 0.1) is 0 Å². The molecule has 2 heterocycles. The van der Waals surface area contributed by atoms with Crippen LogP contribution in [-0.2, 0) is 0 Å². The average molecular weight is 510 g/mol. The molecule has 0 saturated heterocycles. The van der Waals surface area contributed by atoms with Gasteiger partial charge in [0.05, 0.1) is 5.56 Å². The van der Waals surface area contributed by atoms with Crippen LogP contribution in [0.2, 0.25) is 5.28 Å². The summed E-state index contributed by atoms with van der Waals surface area (Å²) in [6.45, 7) is 0. The highest BCUT2D eigenvalue weighted by Crippen LogP contribution is 2.37. The fourth-order valence-electron chi connectivity index (χ4n) is 4.85. The first-order valence-corrected chi connectivity index (χ1v) is 12.7. The van der Waals surface area contributed by atoms with Crippen molar-refractivity contribution in [3.8, 4) is 45.0 Å². The first-order valence-electron chi connectivity index (χ1n) is 12.3. The number of benzene rings is 5. The first-order chi connectivity index (χ1) is 18.7. The summed E-state index contributed by atoms with van der Waals surface area (Å²) < 4.78 is 6.46. The molecule has 7 aromatic rings. The van der Waals surface area contributed by atoms with Crippen molar-refractivity contribution in [1.29, 1.82) is 0 Å². The van der Waals surface area contributed by atoms with Crippen LogP contribution in [0.1, 0.15) is 0 Å². The first kappa shape index (κ1) is 22.4. The van der Waals surface area contributed by atoms with Crippen LogP contribution in [0.5, 0.6) is 0 Å². The lowest BCUT2D eigenvalue weighted by molar-refractivity contribution is 0.669. The topological polar surface area (TPSA) is 51.8 Å². The fourth-order valence-corrected chi connectivity index (χ4v) is 5.01. The summed E-state index contributed by atoms with van der Waals surface area (Å²) in [5.41, 5.74) is 7.75. The lowest BCUT2D eigenvalue weighted by atomic mass is 9.98. The van der Waals surface area contributed by atoms with E-state index in [1.807, 2.05) is 48.5 Å². The molecular formula is C33H20ClN3O. The van der Waals surface area contributed by atoms with Gasteiger partial charge in [0.25, 0.3) is 0 Å². The Morgan fingerprint density at radius 3 is 1.89 bits per heavy atom. The van der Waals surface area contributed by atoms with Gasteiger partial charge in [-0.05, 0) is 58.1 Å². The zero-order valence-corrected chi connectivity index (χ0v) is 20.9. The van der Waals surface area contributed by atoms with E-state index >= 15 is 0 Å². The number of furan rings is 1. The van der Waals surface area contributed by atoms with E-state index < -0.39 is 0 Å². The van der Waals surface area contributed by atoms with Gasteiger partial charge in [0.2, 0.25) is 5.28 Å². The minimum Gasteiger partial charge on any atom is -0.455 e. The number of hydrogen-bond donors (Lipinski definition) is 0. The van der Waals surface area contributed by atoms with E-state index in [1.54, 1.807) is 0 Å². The Bertz CT molecular complexity index is 1930. The zero-order chi connectivity index (χ0) is 25.5. The number of hydrogen-bond acceptors (Lipinski definition) is 4. The fraction of sp³-hybridized carbons (Fsp3) is 0. The van der Waals surface area contributed by atoms with Crippen molar-refractivity contribution in [3.05, 3.63) is 127 Å². The van der Waals surface area contributed by atoms with E-state index in [9.17, 15) is 0 Å². The summed E-state index contributed by atoms with van der Waals surface area (Å²) in [6.07, 6.45) is 0. The highest BCUT2D eigenvalue weighted by atomic mass is 35.5. The second-order valence-electron chi connectivity index (χ2n) is 9.06. The molecule has 0 unspecified atom stereocenters. The Hall–Kier alpha value is -4.80. The molecule has 0 amide bonds. The van der Waals surface area contributed by atoms with E-state index in [1.165, 1.54) is 11.1 Å². The van der Waals surface area contributed by atoms with Gasteiger partial charge >= 0.3 is 0 Å². The van der Waals surface area contributed by atoms with Gasteiger partial charge in [-0.25, -0.2) is 4.98 Å². The van der Waals surface area contributed by atoms with Gasteiger partial charge in [-0.1, -0.05) is 97.1 Å². The van der Waals surface area contributed by atoms with Crippen molar-refractivity contribution >= 4 is 33.5 Å². The summed E-state index contributed by atoms with van der Waals surface area (Å²) in [5.74, 6) is 0.999. The summed E-state index contributed by atoms with van der Waals surface area (Å²) in [4.78, 5) is 13.5. The second kappa shape index (κ2) is 9.25. The number of nitrogens with zero attached hydrogens (tertiary/aromatic N) is 3. The van der Waals surface area contributed by atoms with Crippen LogP contribution in [0.3, 0.4) is 0 Å². The minimum atomic E-state index is 0.141. The average Bonchev–Trinajstić information content (AvgIpc) is 3.36. The van der Waals surface area contributed by atoms with Crippen molar-refractivity contribution < 1.29 is 4.42 Å². The molecule has 2 aromatic heterocycles. The third kappa shape index (κ3) is 4.01. The van der Waals surface area contributed by atoms with Gasteiger partial charge in [-0.15, -0.1) is 0 Å². The molecule has 0 aliphatic heterocycles. The Morgan fingerprint density at radius 2 is 1.11 bits per heavy atom. The van der Waals surface area contributed by atoms with Crippen molar-refractivity contribution in [3.63, 3.8) is 0 Å². The quantitative estimate of drug-likeness (QED) is 0.237. The van der Waals surface area contributed by atoms with Crippen LogP contribution in [0.4, 0.5) is 0 Å². The third-order valence-corrected chi connectivity index (χ3v) is 6.85. The molecule has 4 nitrogen and oxygen atoms in total. The highest BCUT2D eigenvalue weighted by molar-refractivity contribution is 6.28. The van der Waals surface area contributed by atoms with Gasteiger partial charge in [0, 0.05) is 16.3 Å². The van der Waals surface area contributed by atoms with Crippen molar-refractivity contribution in [2.45, 2.75) is 0 Å². The lowest BCUT2D eigenvalue weighted by Crippen LogP contribution is -1.97. The van der Waals surface area contributed by atoms with Crippen LogP contribution in [0.15, 0.2) is 126 Å². The van der Waals surface area contributed by atoms with Crippen LogP contribution in [0.25, 0.3) is 67.0 Å². The molecule has 180 valence electrons. The number of rotatable bonds is 4. The van der Waals surface area contributed by atoms with Gasteiger partial charge in [0.15, 0.2) is 11.6 Å². The van der Waals surface area contributed by atoms with Gasteiger partial charge < -0.3 is 4.42 Å². The molecular weight excluding hydrogens is 490 g/mol. The predicted molar refractivity (Wildman–Crippen MR) is 154 cm³/mol. The van der Waals surface area contributed by atoms with E-state index in [0.717, 1.165) is 44.2 Å². The van der Waals surface area contributed by atoms with Crippen LogP contribution >= 0.6 is 11.6 Å². The number of aromatic nitrogens is 3. The molecule has 0 aliphatic rings. The molecule has 0 fully saturated rings. The third-order valence-electron chi connectivity index (χ3n) is 6.68. The van der Waals surface area contributed by atoms with E-state index in [-0.39, 0.29) is 5.28 Å². The molecule has 0 N–H and O–H groups in total. The zero-order valence-electron chi connectivity index (χ0n) is 20.2. The maximum Gasteiger partial charge on any atom is 0.226 e. The Kier molecular flexibility index (Phi) is 5.46. The van der Waals surface area contributed by atoms with Crippen molar-refractivity contribution in [2.75, 3.05) is 0 Å². The maximum atomic E-state index is 6.46. The normalized spacial score (nSPS) is 11.3. The molecule has 7 rings (SSSR count). The number of para-hydroxylation sites is 1. The van der Waals surface area contributed by atoms with Crippen LogP contribution < -0.4 is 0 Å². The Balaban J connectivity index is 1.34. The molecule has 0 bridgehead atoms. The van der Waals surface area contributed by atoms with Crippen molar-refractivity contribution in [1.82, 2.24) is 15.0 Å². The molecule has 0 spiro atoms. The minimum absolute atomic E-state index is 0.141. The van der Waals surface area contributed by atoms with E-state index in [4.69, 9.17) is 21.0 Å². The SMILES string of the molecule is Clc1nc(-c2ccccc2)nc(-c2cccc3c2oc2cc(-c4cccc(-c5ccccc5)c4)ccc23)n1. The van der Waals surface area contributed by atoms with Gasteiger partial charge in [0.1, 0.15) is 11.2 Å². The summed E-state index contributed by atoms with van der Waals surface area (Å²) in [5, 5.41) is 2.18. The van der Waals surface area contributed by atoms with Gasteiger partial charge in [-0.3, -0.25) is 0 Å². The maximum absolute atomic E-state index is 6.46. The predicted octanol–water partition coefficient (Wildman–Crippen LogP) is 9.09. The second-order valence-corrected chi connectivity index (χ2v) is 9.40. The molecule has 5 aromatic carbocycles. The summed E-state index contributed by atoms with van der Waals surface area (Å²) in [6, 6.07) is 41.1. The molecule has 0 radical (unpaired) electrons. The van der Waals surface area contributed by atoms with Crippen LogP contribution in [-0.4, -0.2) is 15.0 Å². The Morgan fingerprint density at radius 1 is 0.474 bits per heavy atom.